The largest absolute Gasteiger partial charge is 0.496 e. The van der Waals surface area contributed by atoms with E-state index in [-0.39, 0.29) is 18.1 Å². The van der Waals surface area contributed by atoms with Gasteiger partial charge in [-0.15, -0.1) is 0 Å². The van der Waals surface area contributed by atoms with E-state index in [1.165, 1.54) is 4.68 Å². The van der Waals surface area contributed by atoms with Crippen LogP contribution in [0.4, 0.5) is 0 Å². The first-order chi connectivity index (χ1) is 20.9. The van der Waals surface area contributed by atoms with Gasteiger partial charge in [-0.2, -0.15) is 15.0 Å². The zero-order valence-corrected chi connectivity index (χ0v) is 24.8. The molecule has 1 aromatic heterocycles. The van der Waals surface area contributed by atoms with Gasteiger partial charge in [-0.05, 0) is 66.4 Å². The molecule has 0 aliphatic rings. The summed E-state index contributed by atoms with van der Waals surface area (Å²) >= 11 is 0. The third kappa shape index (κ3) is 5.84. The molecule has 1 heterocycles. The number of aromatic nitrogens is 2. The van der Waals surface area contributed by atoms with Crippen molar-refractivity contribution in [1.82, 2.24) is 9.66 Å². The van der Waals surface area contributed by atoms with E-state index in [2.05, 4.69) is 25.0 Å². The highest BCUT2D eigenvalue weighted by Gasteiger charge is 2.19. The van der Waals surface area contributed by atoms with Crippen molar-refractivity contribution in [2.24, 2.45) is 5.10 Å². The van der Waals surface area contributed by atoms with Crippen molar-refractivity contribution < 1.29 is 14.2 Å². The highest BCUT2D eigenvalue weighted by atomic mass is 16.5. The van der Waals surface area contributed by atoms with Crippen LogP contribution in [0.15, 0.2) is 88.8 Å². The monoisotopic (exact) mass is 572 g/mol. The van der Waals surface area contributed by atoms with Crippen molar-refractivity contribution in [2.45, 2.75) is 33.3 Å². The van der Waals surface area contributed by atoms with Crippen molar-refractivity contribution in [3.8, 4) is 34.7 Å². The molecular weight excluding hydrogens is 540 g/mol. The number of hydrogen-bond acceptors (Lipinski definition) is 7. The van der Waals surface area contributed by atoms with E-state index in [4.69, 9.17) is 19.2 Å². The summed E-state index contributed by atoms with van der Waals surface area (Å²) in [6, 6.07) is 26.1. The molecule has 0 fully saturated rings. The summed E-state index contributed by atoms with van der Waals surface area (Å²) in [4.78, 5) is 18.8. The first-order valence-electron chi connectivity index (χ1n) is 13.9. The molecule has 0 saturated heterocycles. The van der Waals surface area contributed by atoms with Gasteiger partial charge in [0.2, 0.25) is 0 Å². The van der Waals surface area contributed by atoms with Crippen molar-refractivity contribution >= 4 is 17.1 Å². The Morgan fingerprint density at radius 3 is 2.47 bits per heavy atom. The molecule has 0 N–H and O–H groups in total. The summed E-state index contributed by atoms with van der Waals surface area (Å²) in [6.07, 6.45) is 1.57. The number of nitrogens with zero attached hydrogens (tertiary/aromatic N) is 4. The minimum atomic E-state index is -0.300. The lowest BCUT2D eigenvalue weighted by molar-refractivity contribution is 0.284. The van der Waals surface area contributed by atoms with Crippen LogP contribution in [0.25, 0.3) is 22.3 Å². The fourth-order valence-electron chi connectivity index (χ4n) is 4.95. The molecule has 0 saturated carbocycles. The van der Waals surface area contributed by atoms with Crippen LogP contribution >= 0.6 is 0 Å². The Morgan fingerprint density at radius 1 is 0.977 bits per heavy atom. The van der Waals surface area contributed by atoms with Crippen molar-refractivity contribution in [1.29, 1.82) is 5.26 Å². The maximum atomic E-state index is 13.9. The Labute approximate surface area is 250 Å². The predicted octanol–water partition coefficient (Wildman–Crippen LogP) is 6.85. The van der Waals surface area contributed by atoms with Gasteiger partial charge in [0.15, 0.2) is 17.3 Å². The Kier molecular flexibility index (Phi) is 8.54. The molecule has 43 heavy (non-hydrogen) atoms. The second-order valence-corrected chi connectivity index (χ2v) is 10.3. The number of para-hydroxylation sites is 2. The van der Waals surface area contributed by atoms with E-state index in [0.717, 1.165) is 28.0 Å². The number of fused-ring (bicyclic) bond motifs is 1. The number of nitriles is 1. The standard InChI is InChI=1S/C35H32N4O4/c1-22(2)28-18-29(23(3)17-32(28)42-5)34-38-30-15-9-8-14-27(30)35(40)39(34)37-20-25-13-10-16-31(41-4)33(25)43-21-26-12-7-6-11-24(26)19-36/h6-18,20,22H,21H2,1-5H3. The zero-order valence-electron chi connectivity index (χ0n) is 24.8. The SMILES string of the molecule is COc1cc(C)c(-c2nc3ccccc3c(=O)n2N=Cc2cccc(OC)c2OCc2ccccc2C#N)cc1C(C)C. The van der Waals surface area contributed by atoms with Crippen molar-refractivity contribution in [3.63, 3.8) is 0 Å². The first kappa shape index (κ1) is 29.1. The maximum absolute atomic E-state index is 13.9. The highest BCUT2D eigenvalue weighted by molar-refractivity contribution is 5.86. The van der Waals surface area contributed by atoms with Crippen LogP contribution in [-0.2, 0) is 6.61 Å². The first-order valence-corrected chi connectivity index (χ1v) is 13.9. The number of aryl methyl sites for hydroxylation is 1. The number of benzene rings is 4. The molecular formula is C35H32N4O4. The van der Waals surface area contributed by atoms with Gasteiger partial charge in [0.25, 0.3) is 5.56 Å². The molecule has 0 bridgehead atoms. The van der Waals surface area contributed by atoms with Crippen molar-refractivity contribution in [2.75, 3.05) is 14.2 Å². The molecule has 0 unspecified atom stereocenters. The number of methoxy groups -OCH3 is 2. The highest BCUT2D eigenvalue weighted by Crippen LogP contribution is 2.35. The molecule has 5 aromatic rings. The Hall–Kier alpha value is -5.42. The number of ether oxygens (including phenoxy) is 3. The smallest absolute Gasteiger partial charge is 0.282 e. The van der Waals surface area contributed by atoms with Crippen LogP contribution < -0.4 is 19.8 Å². The average molecular weight is 573 g/mol. The Balaban J connectivity index is 1.65. The lowest BCUT2D eigenvalue weighted by Crippen LogP contribution is -2.21. The van der Waals surface area contributed by atoms with Gasteiger partial charge >= 0.3 is 0 Å². The fraction of sp³-hybridized carbons (Fsp3) is 0.200. The summed E-state index contributed by atoms with van der Waals surface area (Å²) in [7, 11) is 3.21. The van der Waals surface area contributed by atoms with E-state index in [1.54, 1.807) is 38.6 Å². The van der Waals surface area contributed by atoms with Crippen LogP contribution in [0.5, 0.6) is 17.2 Å². The molecule has 0 aliphatic carbocycles. The maximum Gasteiger partial charge on any atom is 0.282 e. The van der Waals surface area contributed by atoms with Gasteiger partial charge < -0.3 is 14.2 Å². The van der Waals surface area contributed by atoms with Gasteiger partial charge in [-0.3, -0.25) is 4.79 Å². The molecule has 4 aromatic carbocycles. The van der Waals surface area contributed by atoms with E-state index in [9.17, 15) is 10.1 Å². The molecule has 8 nitrogen and oxygen atoms in total. The van der Waals surface area contributed by atoms with Crippen LogP contribution in [0.1, 0.15) is 47.6 Å². The summed E-state index contributed by atoms with van der Waals surface area (Å²) in [5, 5.41) is 14.6. The second-order valence-electron chi connectivity index (χ2n) is 10.3. The minimum absolute atomic E-state index is 0.150. The van der Waals surface area contributed by atoms with Gasteiger partial charge in [-0.25, -0.2) is 4.98 Å². The molecule has 0 radical (unpaired) electrons. The lowest BCUT2D eigenvalue weighted by atomic mass is 9.96. The Bertz CT molecular complexity index is 1940. The van der Waals surface area contributed by atoms with E-state index in [0.29, 0.717) is 39.4 Å². The molecule has 0 amide bonds. The summed E-state index contributed by atoms with van der Waals surface area (Å²) < 4.78 is 18.8. The third-order valence-corrected chi connectivity index (χ3v) is 7.24. The normalized spacial score (nSPS) is 11.2. The van der Waals surface area contributed by atoms with E-state index in [1.807, 2.05) is 67.6 Å². The van der Waals surface area contributed by atoms with E-state index >= 15 is 0 Å². The predicted molar refractivity (Wildman–Crippen MR) is 168 cm³/mol. The second kappa shape index (κ2) is 12.6. The quantitative estimate of drug-likeness (QED) is 0.179. The molecule has 0 spiro atoms. The summed E-state index contributed by atoms with van der Waals surface area (Å²) in [5.41, 5.74) is 4.82. The summed E-state index contributed by atoms with van der Waals surface area (Å²) in [5.74, 6) is 2.31. The topological polar surface area (TPSA) is 98.7 Å². The van der Waals surface area contributed by atoms with Crippen LogP contribution in [0, 0.1) is 18.3 Å². The zero-order chi connectivity index (χ0) is 30.5. The molecule has 0 aliphatic heterocycles. The molecule has 8 heteroatoms. The third-order valence-electron chi connectivity index (χ3n) is 7.24. The van der Waals surface area contributed by atoms with Gasteiger partial charge in [-0.1, -0.05) is 50.2 Å². The Morgan fingerprint density at radius 2 is 1.72 bits per heavy atom. The van der Waals surface area contributed by atoms with E-state index < -0.39 is 0 Å². The molecule has 5 rings (SSSR count). The van der Waals surface area contributed by atoms with Gasteiger partial charge in [0.05, 0.1) is 43.0 Å². The average Bonchev–Trinajstić information content (AvgIpc) is 3.03. The van der Waals surface area contributed by atoms with Gasteiger partial charge in [0, 0.05) is 16.7 Å². The van der Waals surface area contributed by atoms with Crippen LogP contribution in [-0.4, -0.2) is 30.1 Å². The molecule has 0 atom stereocenters. The minimum Gasteiger partial charge on any atom is -0.496 e. The van der Waals surface area contributed by atoms with Crippen LogP contribution in [0.2, 0.25) is 0 Å². The van der Waals surface area contributed by atoms with Crippen molar-refractivity contribution in [3.05, 3.63) is 117 Å². The summed E-state index contributed by atoms with van der Waals surface area (Å²) in [6.45, 7) is 6.30. The fourth-order valence-corrected chi connectivity index (χ4v) is 4.95. The number of rotatable bonds is 9. The van der Waals surface area contributed by atoms with Crippen LogP contribution in [0.3, 0.4) is 0 Å². The van der Waals surface area contributed by atoms with Gasteiger partial charge in [0.1, 0.15) is 12.4 Å². The number of hydrogen-bond donors (Lipinski definition) is 0. The molecule has 216 valence electrons. The lowest BCUT2D eigenvalue weighted by Gasteiger charge is -2.17.